The Balaban J connectivity index is 1.48. The Kier molecular flexibility index (Phi) is 6.55. The summed E-state index contributed by atoms with van der Waals surface area (Å²) in [6.07, 6.45) is 3.51. The van der Waals surface area contributed by atoms with Gasteiger partial charge in [0.05, 0.1) is 16.8 Å². The molecule has 5 aromatic rings. The van der Waals surface area contributed by atoms with Crippen LogP contribution in [0.1, 0.15) is 41.3 Å². The molecule has 0 fully saturated rings. The lowest BCUT2D eigenvalue weighted by atomic mass is 10.0. The molecule has 0 spiro atoms. The summed E-state index contributed by atoms with van der Waals surface area (Å²) in [7, 11) is 0. The van der Waals surface area contributed by atoms with Crippen molar-refractivity contribution in [3.05, 3.63) is 114 Å². The molecule has 6 heteroatoms. The Morgan fingerprint density at radius 3 is 2.40 bits per heavy atom. The maximum Gasteiger partial charge on any atom is 0.260 e. The van der Waals surface area contributed by atoms with Gasteiger partial charge < -0.3 is 4.74 Å². The number of carbonyl (C=O) groups excluding carboxylic acids is 1. The van der Waals surface area contributed by atoms with E-state index in [1.54, 1.807) is 29.4 Å². The molecule has 0 bridgehead atoms. The van der Waals surface area contributed by atoms with Crippen molar-refractivity contribution in [2.24, 2.45) is 0 Å². The lowest BCUT2D eigenvalue weighted by molar-refractivity contribution is 0.0985. The predicted molar refractivity (Wildman–Crippen MR) is 141 cm³/mol. The molecule has 35 heavy (non-hydrogen) atoms. The summed E-state index contributed by atoms with van der Waals surface area (Å²) >= 11 is 1.53. The first-order valence-electron chi connectivity index (χ1n) is 11.5. The molecule has 0 aliphatic rings. The zero-order valence-corrected chi connectivity index (χ0v) is 20.4. The van der Waals surface area contributed by atoms with Crippen molar-refractivity contribution in [1.82, 2.24) is 9.97 Å². The van der Waals surface area contributed by atoms with Crippen LogP contribution < -0.4 is 9.64 Å². The summed E-state index contributed by atoms with van der Waals surface area (Å²) in [5, 5.41) is 0.673. The summed E-state index contributed by atoms with van der Waals surface area (Å²) in [4.78, 5) is 24.6. The van der Waals surface area contributed by atoms with Gasteiger partial charge in [-0.2, -0.15) is 0 Å². The number of rotatable bonds is 7. The molecule has 0 aliphatic carbocycles. The third-order valence-electron chi connectivity index (χ3n) is 5.68. The number of hydrogen-bond acceptors (Lipinski definition) is 5. The number of amides is 1. The Morgan fingerprint density at radius 2 is 1.69 bits per heavy atom. The summed E-state index contributed by atoms with van der Waals surface area (Å²) in [5.74, 6) is 1.65. The van der Waals surface area contributed by atoms with E-state index >= 15 is 0 Å². The molecule has 2 heterocycles. The highest BCUT2D eigenvalue weighted by atomic mass is 32.1. The van der Waals surface area contributed by atoms with E-state index in [4.69, 9.17) is 9.72 Å². The van der Waals surface area contributed by atoms with Crippen molar-refractivity contribution in [2.75, 3.05) is 4.90 Å². The normalized spacial score (nSPS) is 11.1. The Hall–Kier alpha value is -4.03. The molecule has 1 amide bonds. The maximum atomic E-state index is 13.7. The van der Waals surface area contributed by atoms with Gasteiger partial charge >= 0.3 is 0 Å². The Bertz CT molecular complexity index is 1430. The molecule has 3 aromatic carbocycles. The number of hydrogen-bond donors (Lipinski definition) is 0. The lowest BCUT2D eigenvalue weighted by Gasteiger charge is -2.20. The van der Waals surface area contributed by atoms with Crippen molar-refractivity contribution in [2.45, 2.75) is 26.3 Å². The molecule has 174 valence electrons. The number of anilines is 1. The summed E-state index contributed by atoms with van der Waals surface area (Å²) in [6, 6.07) is 26.9. The van der Waals surface area contributed by atoms with Gasteiger partial charge in [0.15, 0.2) is 5.13 Å². The van der Waals surface area contributed by atoms with Gasteiger partial charge in [-0.15, -0.1) is 0 Å². The quantitative estimate of drug-likeness (QED) is 0.243. The molecule has 0 aliphatic heterocycles. The Morgan fingerprint density at radius 1 is 0.914 bits per heavy atom. The number of thiazole rings is 1. The topological polar surface area (TPSA) is 55.3 Å². The number of benzene rings is 3. The first-order chi connectivity index (χ1) is 17.1. The van der Waals surface area contributed by atoms with Crippen molar-refractivity contribution < 1.29 is 9.53 Å². The van der Waals surface area contributed by atoms with E-state index in [1.165, 1.54) is 16.9 Å². The van der Waals surface area contributed by atoms with Crippen molar-refractivity contribution in [3.8, 4) is 11.5 Å². The molecule has 0 unspecified atom stereocenters. The molecule has 2 aromatic heterocycles. The van der Waals surface area contributed by atoms with Crippen LogP contribution in [0.2, 0.25) is 0 Å². The van der Waals surface area contributed by atoms with E-state index in [0.29, 0.717) is 28.9 Å². The van der Waals surface area contributed by atoms with Crippen LogP contribution in [0, 0.1) is 0 Å². The average Bonchev–Trinajstić information content (AvgIpc) is 3.32. The van der Waals surface area contributed by atoms with E-state index in [9.17, 15) is 4.79 Å². The number of ether oxygens (including phenoxy) is 1. The highest BCUT2D eigenvalue weighted by Crippen LogP contribution is 2.35. The van der Waals surface area contributed by atoms with Gasteiger partial charge in [-0.05, 0) is 65.6 Å². The number of carbonyl (C=O) groups is 1. The highest BCUT2D eigenvalue weighted by Gasteiger charge is 2.23. The number of para-hydroxylation sites is 2. The molecular weight excluding hydrogens is 454 g/mol. The fourth-order valence-corrected chi connectivity index (χ4v) is 4.88. The average molecular weight is 480 g/mol. The minimum Gasteiger partial charge on any atom is -0.457 e. The summed E-state index contributed by atoms with van der Waals surface area (Å²) < 4.78 is 6.96. The van der Waals surface area contributed by atoms with Gasteiger partial charge in [-0.25, -0.2) is 4.98 Å². The summed E-state index contributed by atoms with van der Waals surface area (Å²) in [6.45, 7) is 4.70. The molecule has 0 saturated carbocycles. The summed E-state index contributed by atoms with van der Waals surface area (Å²) in [5.41, 5.74) is 3.64. The van der Waals surface area contributed by atoms with E-state index in [-0.39, 0.29) is 5.91 Å². The molecular formula is C29H25N3O2S. The minimum atomic E-state index is -0.120. The molecule has 5 nitrogen and oxygen atoms in total. The van der Waals surface area contributed by atoms with Crippen LogP contribution in [-0.2, 0) is 6.54 Å². The number of aromatic nitrogens is 2. The van der Waals surface area contributed by atoms with Crippen LogP contribution in [0.3, 0.4) is 0 Å². The van der Waals surface area contributed by atoms with Crippen LogP contribution >= 0.6 is 11.3 Å². The van der Waals surface area contributed by atoms with Crippen LogP contribution in [0.4, 0.5) is 5.13 Å². The van der Waals surface area contributed by atoms with Gasteiger partial charge in [0.1, 0.15) is 11.5 Å². The van der Waals surface area contributed by atoms with E-state index in [1.807, 2.05) is 54.6 Å². The molecule has 0 saturated heterocycles. The van der Waals surface area contributed by atoms with Gasteiger partial charge in [0.25, 0.3) is 5.91 Å². The monoisotopic (exact) mass is 479 g/mol. The minimum absolute atomic E-state index is 0.120. The van der Waals surface area contributed by atoms with E-state index in [0.717, 1.165) is 21.5 Å². The standard InChI is InChI=1S/C29H25N3O2S/c1-20(2)25-11-6-12-26-27(25)31-29(35-26)32(19-21-8-7-17-30-18-21)28(33)22-13-15-24(16-14-22)34-23-9-4-3-5-10-23/h3-18,20H,19H2,1-2H3. The van der Waals surface area contributed by atoms with Gasteiger partial charge in [0, 0.05) is 18.0 Å². The molecule has 0 atom stereocenters. The number of pyridine rings is 1. The van der Waals surface area contributed by atoms with E-state index in [2.05, 4.69) is 37.0 Å². The van der Waals surface area contributed by atoms with Gasteiger partial charge in [-0.1, -0.05) is 61.6 Å². The van der Waals surface area contributed by atoms with Crippen LogP contribution in [0.15, 0.2) is 97.3 Å². The number of nitrogens with zero attached hydrogens (tertiary/aromatic N) is 3. The van der Waals surface area contributed by atoms with Crippen LogP contribution in [0.5, 0.6) is 11.5 Å². The second-order valence-corrected chi connectivity index (χ2v) is 9.55. The zero-order chi connectivity index (χ0) is 24.2. The number of fused-ring (bicyclic) bond motifs is 1. The first-order valence-corrected chi connectivity index (χ1v) is 12.3. The lowest BCUT2D eigenvalue weighted by Crippen LogP contribution is -2.30. The maximum absolute atomic E-state index is 13.7. The Labute approximate surface area is 208 Å². The molecule has 5 rings (SSSR count). The fraction of sp³-hybridized carbons (Fsp3) is 0.138. The van der Waals surface area contributed by atoms with Crippen molar-refractivity contribution in [3.63, 3.8) is 0 Å². The van der Waals surface area contributed by atoms with Crippen LogP contribution in [-0.4, -0.2) is 15.9 Å². The van der Waals surface area contributed by atoms with Crippen molar-refractivity contribution >= 4 is 32.6 Å². The molecule has 0 N–H and O–H groups in total. The third-order valence-corrected chi connectivity index (χ3v) is 6.72. The first kappa shape index (κ1) is 22.7. The van der Waals surface area contributed by atoms with Crippen molar-refractivity contribution in [1.29, 1.82) is 0 Å². The molecule has 0 radical (unpaired) electrons. The van der Waals surface area contributed by atoms with Crippen LogP contribution in [0.25, 0.3) is 10.2 Å². The van der Waals surface area contributed by atoms with Gasteiger partial charge in [-0.3, -0.25) is 14.7 Å². The van der Waals surface area contributed by atoms with Gasteiger partial charge in [0.2, 0.25) is 0 Å². The zero-order valence-electron chi connectivity index (χ0n) is 19.6. The SMILES string of the molecule is CC(C)c1cccc2sc(N(Cc3cccnc3)C(=O)c3ccc(Oc4ccccc4)cc3)nc12. The largest absolute Gasteiger partial charge is 0.457 e. The highest BCUT2D eigenvalue weighted by molar-refractivity contribution is 7.22. The predicted octanol–water partition coefficient (Wildman–Crippen LogP) is 7.45. The van der Waals surface area contributed by atoms with E-state index < -0.39 is 0 Å². The smallest absolute Gasteiger partial charge is 0.260 e. The second kappa shape index (κ2) is 10.1. The second-order valence-electron chi connectivity index (χ2n) is 8.54. The fourth-order valence-electron chi connectivity index (χ4n) is 3.89. The third kappa shape index (κ3) is 5.08.